The first-order valence-corrected chi connectivity index (χ1v) is 8.15. The maximum absolute atomic E-state index is 11.3. The van der Waals surface area contributed by atoms with Crippen LogP contribution in [0.15, 0.2) is 40.9 Å². The summed E-state index contributed by atoms with van der Waals surface area (Å²) in [5, 5.41) is 17.0. The monoisotopic (exact) mass is 376 g/mol. The van der Waals surface area contributed by atoms with Crippen LogP contribution in [0.3, 0.4) is 0 Å². The Hall–Kier alpha value is -2.50. The van der Waals surface area contributed by atoms with Crippen molar-refractivity contribution in [3.8, 4) is 11.1 Å². The number of rotatable bonds is 4. The molecule has 5 nitrogen and oxygen atoms in total. The molecule has 1 aromatic heterocycles. The van der Waals surface area contributed by atoms with Gasteiger partial charge >= 0.3 is 5.97 Å². The van der Waals surface area contributed by atoms with Gasteiger partial charge in [-0.3, -0.25) is 0 Å². The van der Waals surface area contributed by atoms with Crippen LogP contribution in [0.2, 0.25) is 10.0 Å². The van der Waals surface area contributed by atoms with E-state index in [1.165, 1.54) is 6.07 Å². The van der Waals surface area contributed by atoms with Gasteiger partial charge in [-0.25, -0.2) is 4.79 Å². The zero-order valence-electron chi connectivity index (χ0n) is 13.4. The highest BCUT2D eigenvalue weighted by Crippen LogP contribution is 2.39. The molecule has 0 spiro atoms. The van der Waals surface area contributed by atoms with Crippen LogP contribution in [0.5, 0.6) is 0 Å². The minimum absolute atomic E-state index is 0.129. The Balaban J connectivity index is 2.04. The molecule has 3 rings (SSSR count). The predicted octanol–water partition coefficient (Wildman–Crippen LogP) is 5.71. The van der Waals surface area contributed by atoms with Crippen LogP contribution in [0, 0.1) is 13.8 Å². The zero-order chi connectivity index (χ0) is 18.1. The number of nitrogens with zero attached hydrogens (tertiary/aromatic N) is 1. The summed E-state index contributed by atoms with van der Waals surface area (Å²) < 4.78 is 5.18. The molecular weight excluding hydrogens is 363 g/mol. The molecule has 0 aliphatic rings. The molecule has 0 saturated heterocycles. The maximum atomic E-state index is 11.3. The van der Waals surface area contributed by atoms with Crippen LogP contribution in [0.25, 0.3) is 11.1 Å². The summed E-state index contributed by atoms with van der Waals surface area (Å²) >= 11 is 12.8. The molecule has 3 aromatic rings. The van der Waals surface area contributed by atoms with Crippen LogP contribution in [-0.2, 0) is 0 Å². The molecule has 0 bridgehead atoms. The van der Waals surface area contributed by atoms with Gasteiger partial charge in [-0.15, -0.1) is 0 Å². The fraction of sp³-hybridized carbons (Fsp3) is 0.111. The standard InChI is InChI=1S/C18H14Cl2N2O3/c1-9-16(10(2)25-22-9)11-7-13(19)17(14(20)8-11)21-15-6-4-3-5-12(15)18(23)24/h3-8,21H,1-2H3,(H,23,24). The van der Waals surface area contributed by atoms with Gasteiger partial charge in [0.05, 0.1) is 32.7 Å². The summed E-state index contributed by atoms with van der Waals surface area (Å²) in [4.78, 5) is 11.3. The van der Waals surface area contributed by atoms with Crippen LogP contribution < -0.4 is 5.32 Å². The number of aromatic nitrogens is 1. The van der Waals surface area contributed by atoms with Gasteiger partial charge in [-0.05, 0) is 43.7 Å². The minimum atomic E-state index is -1.04. The number of nitrogens with one attached hydrogen (secondary N) is 1. The Morgan fingerprint density at radius 1 is 1.16 bits per heavy atom. The number of hydrogen-bond donors (Lipinski definition) is 2. The molecular formula is C18H14Cl2N2O3. The van der Waals surface area contributed by atoms with Gasteiger partial charge in [0.25, 0.3) is 0 Å². The molecule has 25 heavy (non-hydrogen) atoms. The molecule has 1 heterocycles. The number of hydrogen-bond acceptors (Lipinski definition) is 4. The van der Waals surface area contributed by atoms with Gasteiger partial charge in [-0.1, -0.05) is 40.5 Å². The lowest BCUT2D eigenvalue weighted by atomic mass is 10.0. The van der Waals surface area contributed by atoms with Crippen LogP contribution in [-0.4, -0.2) is 16.2 Å². The van der Waals surface area contributed by atoms with E-state index in [-0.39, 0.29) is 5.56 Å². The van der Waals surface area contributed by atoms with Crippen molar-refractivity contribution < 1.29 is 14.4 Å². The summed E-state index contributed by atoms with van der Waals surface area (Å²) in [5.41, 5.74) is 3.33. The Bertz CT molecular complexity index is 924. The quantitative estimate of drug-likeness (QED) is 0.609. The highest BCUT2D eigenvalue weighted by Gasteiger charge is 2.17. The highest BCUT2D eigenvalue weighted by atomic mass is 35.5. The lowest BCUT2D eigenvalue weighted by molar-refractivity contribution is 0.0698. The van der Waals surface area contributed by atoms with Crippen molar-refractivity contribution in [1.29, 1.82) is 0 Å². The first-order valence-electron chi connectivity index (χ1n) is 7.40. The Morgan fingerprint density at radius 2 is 1.80 bits per heavy atom. The summed E-state index contributed by atoms with van der Waals surface area (Å²) in [6.45, 7) is 3.65. The van der Waals surface area contributed by atoms with Crippen molar-refractivity contribution >= 4 is 40.5 Å². The first-order chi connectivity index (χ1) is 11.9. The van der Waals surface area contributed by atoms with Gasteiger partial charge in [0.1, 0.15) is 5.76 Å². The summed E-state index contributed by atoms with van der Waals surface area (Å²) in [7, 11) is 0. The summed E-state index contributed by atoms with van der Waals surface area (Å²) in [5.74, 6) is -0.371. The number of carboxylic acid groups (broad SMARTS) is 1. The third-order valence-electron chi connectivity index (χ3n) is 3.78. The number of benzene rings is 2. The molecule has 0 unspecified atom stereocenters. The lowest BCUT2D eigenvalue weighted by Crippen LogP contribution is -2.03. The van der Waals surface area contributed by atoms with Gasteiger partial charge in [-0.2, -0.15) is 0 Å². The molecule has 128 valence electrons. The topological polar surface area (TPSA) is 75.4 Å². The van der Waals surface area contributed by atoms with E-state index in [9.17, 15) is 9.90 Å². The molecule has 0 atom stereocenters. The van der Waals surface area contributed by atoms with Gasteiger partial charge in [0.15, 0.2) is 0 Å². The molecule has 2 aromatic carbocycles. The third-order valence-corrected chi connectivity index (χ3v) is 4.38. The normalized spacial score (nSPS) is 10.7. The highest BCUT2D eigenvalue weighted by molar-refractivity contribution is 6.39. The molecule has 0 radical (unpaired) electrons. The smallest absolute Gasteiger partial charge is 0.337 e. The third kappa shape index (κ3) is 3.34. The van der Waals surface area contributed by atoms with Crippen molar-refractivity contribution in [3.05, 3.63) is 63.5 Å². The van der Waals surface area contributed by atoms with E-state index >= 15 is 0 Å². The van der Waals surface area contributed by atoms with Crippen LogP contribution in [0.1, 0.15) is 21.8 Å². The Labute approximate surface area is 154 Å². The van der Waals surface area contributed by atoms with E-state index in [4.69, 9.17) is 27.7 Å². The lowest BCUT2D eigenvalue weighted by Gasteiger charge is -2.14. The van der Waals surface area contributed by atoms with E-state index in [1.807, 2.05) is 13.8 Å². The maximum Gasteiger partial charge on any atom is 0.337 e. The average molecular weight is 377 g/mol. The number of anilines is 2. The summed E-state index contributed by atoms with van der Waals surface area (Å²) in [6.07, 6.45) is 0. The van der Waals surface area contributed by atoms with Crippen molar-refractivity contribution in [2.45, 2.75) is 13.8 Å². The fourth-order valence-electron chi connectivity index (χ4n) is 2.65. The van der Waals surface area contributed by atoms with Crippen LogP contribution >= 0.6 is 23.2 Å². The van der Waals surface area contributed by atoms with Crippen molar-refractivity contribution in [1.82, 2.24) is 5.16 Å². The molecule has 2 N–H and O–H groups in total. The second-order valence-electron chi connectivity index (χ2n) is 5.49. The molecule has 0 saturated carbocycles. The zero-order valence-corrected chi connectivity index (χ0v) is 14.9. The number of carbonyl (C=O) groups is 1. The SMILES string of the molecule is Cc1noc(C)c1-c1cc(Cl)c(Nc2ccccc2C(=O)O)c(Cl)c1. The number of para-hydroxylation sites is 1. The molecule has 0 aliphatic heterocycles. The molecule has 0 fully saturated rings. The van der Waals surface area contributed by atoms with Gasteiger partial charge in [0.2, 0.25) is 0 Å². The van der Waals surface area contributed by atoms with Crippen molar-refractivity contribution in [2.75, 3.05) is 5.32 Å². The number of aryl methyl sites for hydroxylation is 2. The Morgan fingerprint density at radius 3 is 2.36 bits per heavy atom. The molecule has 0 amide bonds. The van der Waals surface area contributed by atoms with E-state index in [0.29, 0.717) is 27.2 Å². The number of carboxylic acids is 1. The summed E-state index contributed by atoms with van der Waals surface area (Å²) in [6, 6.07) is 10.0. The molecule has 7 heteroatoms. The Kier molecular flexibility index (Phi) is 4.70. The molecule has 0 aliphatic carbocycles. The van der Waals surface area contributed by atoms with E-state index in [0.717, 1.165) is 16.8 Å². The first kappa shape index (κ1) is 17.3. The second-order valence-corrected chi connectivity index (χ2v) is 6.30. The minimum Gasteiger partial charge on any atom is -0.478 e. The van der Waals surface area contributed by atoms with Gasteiger partial charge in [0, 0.05) is 5.56 Å². The van der Waals surface area contributed by atoms with Gasteiger partial charge < -0.3 is 14.9 Å². The van der Waals surface area contributed by atoms with E-state index in [1.54, 1.807) is 30.3 Å². The van der Waals surface area contributed by atoms with Crippen LogP contribution in [0.4, 0.5) is 11.4 Å². The average Bonchev–Trinajstić information content (AvgIpc) is 2.89. The number of aromatic carboxylic acids is 1. The number of halogens is 2. The van der Waals surface area contributed by atoms with Crippen molar-refractivity contribution in [2.24, 2.45) is 0 Å². The van der Waals surface area contributed by atoms with Crippen molar-refractivity contribution in [3.63, 3.8) is 0 Å². The second kappa shape index (κ2) is 6.78. The predicted molar refractivity (Wildman–Crippen MR) is 98.1 cm³/mol. The van der Waals surface area contributed by atoms with E-state index in [2.05, 4.69) is 10.5 Å². The van der Waals surface area contributed by atoms with E-state index < -0.39 is 5.97 Å². The largest absolute Gasteiger partial charge is 0.478 e. The fourth-order valence-corrected chi connectivity index (χ4v) is 3.23.